The average Bonchev–Trinajstić information content (AvgIpc) is 2.86. The summed E-state index contributed by atoms with van der Waals surface area (Å²) in [5.41, 5.74) is 1.82. The Morgan fingerprint density at radius 1 is 1.03 bits per heavy atom. The Balaban J connectivity index is 1.83. The predicted octanol–water partition coefficient (Wildman–Crippen LogP) is 7.01. The summed E-state index contributed by atoms with van der Waals surface area (Å²) in [6.45, 7) is 5.84. The number of halogens is 3. The number of aliphatic imine (C=N–C) groups is 1. The minimum Gasteiger partial charge on any atom is -0.454 e. The van der Waals surface area contributed by atoms with Crippen LogP contribution in [0.15, 0.2) is 77.9 Å². The summed E-state index contributed by atoms with van der Waals surface area (Å²) in [7, 11) is 0. The Bertz CT molecular complexity index is 1330. The first-order valence-electron chi connectivity index (χ1n) is 12.0. The number of esters is 1. The summed E-state index contributed by atoms with van der Waals surface area (Å²) in [4.78, 5) is 34.0. The van der Waals surface area contributed by atoms with Crippen LogP contribution < -0.4 is 10.6 Å². The van der Waals surface area contributed by atoms with Gasteiger partial charge >= 0.3 is 5.97 Å². The zero-order chi connectivity index (χ0) is 28.5. The van der Waals surface area contributed by atoms with Gasteiger partial charge in [-0.25, -0.2) is 4.99 Å². The number of aromatic nitrogens is 1. The van der Waals surface area contributed by atoms with Crippen LogP contribution >= 0.6 is 46.6 Å². The summed E-state index contributed by atoms with van der Waals surface area (Å²) in [5, 5.41) is 6.79. The minimum atomic E-state index is -1.95. The number of hydrogen-bond donors (Lipinski definition) is 2. The van der Waals surface area contributed by atoms with Crippen LogP contribution in [0.1, 0.15) is 32.8 Å². The number of amidine groups is 1. The molecule has 206 valence electrons. The molecule has 0 aliphatic rings. The number of nitrogens with one attached hydrogen (secondary N) is 2. The normalized spacial score (nSPS) is 13.3. The second-order valence-corrected chi connectivity index (χ2v) is 12.9. The first kappa shape index (κ1) is 30.8. The van der Waals surface area contributed by atoms with E-state index in [-0.39, 0.29) is 28.9 Å². The molecule has 2 N–H and O–H groups in total. The number of pyridine rings is 1. The smallest absolute Gasteiger partial charge is 0.307 e. The summed E-state index contributed by atoms with van der Waals surface area (Å²) in [5.74, 6) is -0.887. The SMILES string of the molecule is CC(C)(C)CC(=O)OCS/C(=N/c1cccc2cccnc12)NC(NC(=O)/C=C/c1ccccc1)C(Cl)(Cl)Cl. The topological polar surface area (TPSA) is 92.7 Å². The second-order valence-electron chi connectivity index (χ2n) is 9.66. The molecule has 0 fully saturated rings. The molecule has 0 spiro atoms. The maximum Gasteiger partial charge on any atom is 0.307 e. The molecule has 0 radical (unpaired) electrons. The van der Waals surface area contributed by atoms with Crippen LogP contribution in [0.4, 0.5) is 5.69 Å². The highest BCUT2D eigenvalue weighted by atomic mass is 35.6. The molecule has 7 nitrogen and oxygen atoms in total. The van der Waals surface area contributed by atoms with Gasteiger partial charge in [0.05, 0.1) is 17.6 Å². The number of amides is 1. The summed E-state index contributed by atoms with van der Waals surface area (Å²) >= 11 is 19.8. The number of fused-ring (bicyclic) bond motifs is 1. The Kier molecular flexibility index (Phi) is 11.1. The van der Waals surface area contributed by atoms with Crippen molar-refractivity contribution in [2.75, 3.05) is 5.94 Å². The number of carbonyl (C=O) groups excluding carboxylic acids is 2. The van der Waals surface area contributed by atoms with E-state index >= 15 is 0 Å². The van der Waals surface area contributed by atoms with Crippen molar-refractivity contribution < 1.29 is 14.3 Å². The van der Waals surface area contributed by atoms with Crippen LogP contribution in [0.2, 0.25) is 0 Å². The fraction of sp³-hybridized carbons (Fsp3) is 0.286. The number of alkyl halides is 3. The Hall–Kier alpha value is -2.78. The molecule has 0 bridgehead atoms. The van der Waals surface area contributed by atoms with Crippen molar-refractivity contribution in [3.05, 3.63) is 78.5 Å². The Morgan fingerprint density at radius 2 is 1.74 bits per heavy atom. The van der Waals surface area contributed by atoms with Gasteiger partial charge in [0.25, 0.3) is 0 Å². The van der Waals surface area contributed by atoms with Crippen LogP contribution in [0.3, 0.4) is 0 Å². The maximum absolute atomic E-state index is 12.7. The lowest BCUT2D eigenvalue weighted by atomic mass is 9.93. The van der Waals surface area contributed by atoms with Crippen LogP contribution in [-0.4, -0.2) is 37.9 Å². The summed E-state index contributed by atoms with van der Waals surface area (Å²) in [6.07, 6.45) is 3.73. The van der Waals surface area contributed by atoms with E-state index in [1.807, 2.05) is 75.4 Å². The molecule has 1 aromatic heterocycles. The molecule has 1 unspecified atom stereocenters. The van der Waals surface area contributed by atoms with Gasteiger partial charge < -0.3 is 15.4 Å². The van der Waals surface area contributed by atoms with E-state index in [0.717, 1.165) is 22.7 Å². The molecule has 0 aliphatic heterocycles. The zero-order valence-electron chi connectivity index (χ0n) is 21.7. The molecule has 2 aromatic carbocycles. The average molecular weight is 608 g/mol. The standard InChI is InChI=1S/C28H29Cl3N4O3S/c1-27(2,3)17-23(37)38-18-39-26(33-21-13-7-11-20-12-8-16-32-24(20)21)35-25(28(29,30)31)34-22(36)15-14-19-9-5-4-6-10-19/h4-16,25H,17-18H2,1-3H3,(H,33,35)(H,34,36)/b15-14+. The lowest BCUT2D eigenvalue weighted by Gasteiger charge is -2.27. The highest BCUT2D eigenvalue weighted by molar-refractivity contribution is 8.13. The van der Waals surface area contributed by atoms with Crippen molar-refractivity contribution >= 4 is 86.3 Å². The molecule has 0 saturated heterocycles. The van der Waals surface area contributed by atoms with Gasteiger partial charge in [-0.2, -0.15) is 0 Å². The molecule has 1 atom stereocenters. The first-order valence-corrected chi connectivity index (χ1v) is 14.1. The van der Waals surface area contributed by atoms with Gasteiger partial charge in [-0.3, -0.25) is 14.6 Å². The van der Waals surface area contributed by atoms with Crippen molar-refractivity contribution in [3.8, 4) is 0 Å². The van der Waals surface area contributed by atoms with Gasteiger partial charge in [0, 0.05) is 17.7 Å². The van der Waals surface area contributed by atoms with Crippen LogP contribution in [-0.2, 0) is 14.3 Å². The highest BCUT2D eigenvalue weighted by Gasteiger charge is 2.34. The molecule has 3 aromatic rings. The third-order valence-electron chi connectivity index (χ3n) is 5.03. The molecular weight excluding hydrogens is 579 g/mol. The first-order chi connectivity index (χ1) is 18.4. The third-order valence-corrected chi connectivity index (χ3v) is 6.41. The lowest BCUT2D eigenvalue weighted by molar-refractivity contribution is -0.143. The van der Waals surface area contributed by atoms with Crippen molar-refractivity contribution in [1.29, 1.82) is 0 Å². The maximum atomic E-state index is 12.7. The van der Waals surface area contributed by atoms with E-state index in [2.05, 4.69) is 20.6 Å². The second kappa shape index (κ2) is 14.0. The highest BCUT2D eigenvalue weighted by Crippen LogP contribution is 2.31. The number of thioether (sulfide) groups is 1. The molecule has 3 rings (SSSR count). The fourth-order valence-electron chi connectivity index (χ4n) is 3.28. The van der Waals surface area contributed by atoms with Crippen LogP contribution in [0.25, 0.3) is 17.0 Å². The number of ether oxygens (including phenoxy) is 1. The van der Waals surface area contributed by atoms with Crippen molar-refractivity contribution in [1.82, 2.24) is 15.6 Å². The fourth-order valence-corrected chi connectivity index (χ4v) is 4.27. The number of rotatable bonds is 8. The molecule has 0 aliphatic carbocycles. The Morgan fingerprint density at radius 3 is 2.44 bits per heavy atom. The monoisotopic (exact) mass is 606 g/mol. The van der Waals surface area contributed by atoms with E-state index in [1.54, 1.807) is 18.3 Å². The molecule has 11 heteroatoms. The van der Waals surface area contributed by atoms with Crippen LogP contribution in [0, 0.1) is 5.41 Å². The molecule has 39 heavy (non-hydrogen) atoms. The number of para-hydroxylation sites is 1. The van der Waals surface area contributed by atoms with Gasteiger partial charge in [-0.05, 0) is 40.9 Å². The number of hydrogen-bond acceptors (Lipinski definition) is 6. The molecular formula is C28H29Cl3N4O3S. The summed E-state index contributed by atoms with van der Waals surface area (Å²) in [6, 6.07) is 18.6. The largest absolute Gasteiger partial charge is 0.454 e. The quantitative estimate of drug-likeness (QED) is 0.0715. The summed E-state index contributed by atoms with van der Waals surface area (Å²) < 4.78 is 3.45. The van der Waals surface area contributed by atoms with Crippen molar-refractivity contribution in [3.63, 3.8) is 0 Å². The van der Waals surface area contributed by atoms with Gasteiger partial charge in [0.1, 0.15) is 12.1 Å². The van der Waals surface area contributed by atoms with E-state index < -0.39 is 15.9 Å². The molecule has 1 amide bonds. The molecule has 0 saturated carbocycles. The zero-order valence-corrected chi connectivity index (χ0v) is 24.7. The van der Waals surface area contributed by atoms with Gasteiger partial charge in [0.2, 0.25) is 9.70 Å². The number of nitrogens with zero attached hydrogens (tertiary/aromatic N) is 2. The predicted molar refractivity (Wildman–Crippen MR) is 162 cm³/mol. The Labute approximate surface area is 247 Å². The minimum absolute atomic E-state index is 0.0482. The number of benzene rings is 2. The molecule has 1 heterocycles. The van der Waals surface area contributed by atoms with Crippen molar-refractivity contribution in [2.24, 2.45) is 10.4 Å². The third kappa shape index (κ3) is 10.7. The van der Waals surface area contributed by atoms with Gasteiger partial charge in [0.15, 0.2) is 5.17 Å². The van der Waals surface area contributed by atoms with E-state index in [1.165, 1.54) is 6.08 Å². The van der Waals surface area contributed by atoms with E-state index in [0.29, 0.717) is 11.2 Å². The lowest BCUT2D eigenvalue weighted by Crippen LogP contribution is -2.54. The van der Waals surface area contributed by atoms with Gasteiger partial charge in [-0.15, -0.1) is 0 Å². The van der Waals surface area contributed by atoms with E-state index in [9.17, 15) is 9.59 Å². The number of carbonyl (C=O) groups is 2. The van der Waals surface area contributed by atoms with E-state index in [4.69, 9.17) is 39.5 Å². The van der Waals surface area contributed by atoms with Crippen molar-refractivity contribution in [2.45, 2.75) is 37.2 Å². The van der Waals surface area contributed by atoms with Crippen LogP contribution in [0.5, 0.6) is 0 Å². The van der Waals surface area contributed by atoms with Gasteiger partial charge in [-0.1, -0.05) is 104 Å².